The van der Waals surface area contributed by atoms with Gasteiger partial charge in [0.05, 0.1) is 23.0 Å². The van der Waals surface area contributed by atoms with E-state index in [1.165, 1.54) is 10.4 Å². The van der Waals surface area contributed by atoms with Gasteiger partial charge in [-0.25, -0.2) is 8.42 Å². The molecule has 0 spiro atoms. The maximum Gasteiger partial charge on any atom is 0.292 e. The normalized spacial score (nSPS) is 18.2. The summed E-state index contributed by atoms with van der Waals surface area (Å²) in [7, 11) is -3.55. The van der Waals surface area contributed by atoms with Crippen molar-refractivity contribution in [2.24, 2.45) is 0 Å². The molecule has 0 N–H and O–H groups in total. The lowest BCUT2D eigenvalue weighted by Crippen LogP contribution is -2.48. The molecule has 0 aliphatic carbocycles. The second kappa shape index (κ2) is 9.11. The van der Waals surface area contributed by atoms with E-state index >= 15 is 0 Å². The van der Waals surface area contributed by atoms with Gasteiger partial charge in [0, 0.05) is 55.5 Å². The van der Waals surface area contributed by atoms with Gasteiger partial charge in [0.2, 0.25) is 10.0 Å². The van der Waals surface area contributed by atoms with Crippen molar-refractivity contribution < 1.29 is 18.1 Å². The highest BCUT2D eigenvalue weighted by atomic mass is 79.9. The quantitative estimate of drug-likeness (QED) is 0.450. The highest BCUT2D eigenvalue weighted by Gasteiger charge is 2.30. The summed E-state index contributed by atoms with van der Waals surface area (Å²) in [6.07, 6.45) is 0. The maximum absolute atomic E-state index is 12.9. The van der Waals surface area contributed by atoms with Gasteiger partial charge >= 0.3 is 0 Å². The summed E-state index contributed by atoms with van der Waals surface area (Å²) in [6.45, 7) is 3.99. The molecule has 0 aromatic heterocycles. The van der Waals surface area contributed by atoms with Crippen molar-refractivity contribution in [2.75, 3.05) is 62.3 Å². The number of piperazine rings is 1. The summed E-state index contributed by atoms with van der Waals surface area (Å²) in [5.74, 6) is 0. The number of hydrogen-bond acceptors (Lipinski definition) is 7. The zero-order valence-corrected chi connectivity index (χ0v) is 19.2. The minimum Gasteiger partial charge on any atom is -0.378 e. The van der Waals surface area contributed by atoms with E-state index in [1.807, 2.05) is 11.0 Å². The fourth-order valence-electron chi connectivity index (χ4n) is 3.86. The van der Waals surface area contributed by atoms with Gasteiger partial charge in [-0.15, -0.1) is 0 Å². The Morgan fingerprint density at radius 2 is 1.55 bits per heavy atom. The van der Waals surface area contributed by atoms with Crippen LogP contribution in [0.4, 0.5) is 17.1 Å². The smallest absolute Gasteiger partial charge is 0.292 e. The molecule has 0 amide bonds. The third-order valence-corrected chi connectivity index (χ3v) is 8.00. The first-order chi connectivity index (χ1) is 14.9. The van der Waals surface area contributed by atoms with Crippen molar-refractivity contribution in [2.45, 2.75) is 4.90 Å². The Morgan fingerprint density at radius 1 is 0.903 bits per heavy atom. The Kier molecular flexibility index (Phi) is 6.47. The first-order valence-corrected chi connectivity index (χ1v) is 12.2. The van der Waals surface area contributed by atoms with E-state index in [2.05, 4.69) is 20.8 Å². The molecule has 0 saturated carbocycles. The lowest BCUT2D eigenvalue weighted by molar-refractivity contribution is -0.384. The first kappa shape index (κ1) is 22.0. The van der Waals surface area contributed by atoms with Crippen LogP contribution in [0.3, 0.4) is 0 Å². The lowest BCUT2D eigenvalue weighted by atomic mass is 10.2. The van der Waals surface area contributed by atoms with Crippen LogP contribution in [-0.2, 0) is 14.8 Å². The average Bonchev–Trinajstić information content (AvgIpc) is 2.79. The predicted molar refractivity (Wildman–Crippen MR) is 121 cm³/mol. The number of ether oxygens (including phenoxy) is 1. The molecule has 2 aromatic rings. The summed E-state index contributed by atoms with van der Waals surface area (Å²) in [5.41, 5.74) is 1.51. The molecule has 2 aliphatic rings. The van der Waals surface area contributed by atoms with Crippen LogP contribution in [0.2, 0.25) is 0 Å². The van der Waals surface area contributed by atoms with Crippen LogP contribution in [0, 0.1) is 10.1 Å². The summed E-state index contributed by atoms with van der Waals surface area (Å²) >= 11 is 3.32. The Hall–Kier alpha value is -2.21. The summed E-state index contributed by atoms with van der Waals surface area (Å²) in [5, 5.41) is 11.5. The van der Waals surface area contributed by atoms with E-state index in [9.17, 15) is 18.5 Å². The topological polar surface area (TPSA) is 96.2 Å². The number of morpholine rings is 1. The Balaban J connectivity index is 1.50. The van der Waals surface area contributed by atoms with Gasteiger partial charge in [-0.1, -0.05) is 15.9 Å². The molecule has 0 radical (unpaired) electrons. The van der Waals surface area contributed by atoms with Gasteiger partial charge in [-0.05, 0) is 36.4 Å². The summed E-state index contributed by atoms with van der Waals surface area (Å²) < 4.78 is 33.5. The third-order valence-electron chi connectivity index (χ3n) is 5.56. The number of halogens is 1. The summed E-state index contributed by atoms with van der Waals surface area (Å²) in [6, 6.07) is 11.7. The van der Waals surface area contributed by atoms with Crippen LogP contribution in [-0.4, -0.2) is 70.1 Å². The molecule has 0 unspecified atom stereocenters. The van der Waals surface area contributed by atoms with E-state index in [0.29, 0.717) is 58.2 Å². The van der Waals surface area contributed by atoms with Crippen LogP contribution >= 0.6 is 15.9 Å². The highest BCUT2D eigenvalue weighted by Crippen LogP contribution is 2.34. The minimum atomic E-state index is -3.55. The molecule has 4 rings (SSSR count). The van der Waals surface area contributed by atoms with E-state index in [4.69, 9.17) is 4.74 Å². The summed E-state index contributed by atoms with van der Waals surface area (Å²) in [4.78, 5) is 15.5. The number of hydrogen-bond donors (Lipinski definition) is 0. The van der Waals surface area contributed by atoms with Crippen molar-refractivity contribution in [1.29, 1.82) is 0 Å². The number of rotatable bonds is 5. The Morgan fingerprint density at radius 3 is 2.16 bits per heavy atom. The maximum atomic E-state index is 12.9. The monoisotopic (exact) mass is 510 g/mol. The van der Waals surface area contributed by atoms with Gasteiger partial charge in [0.25, 0.3) is 5.69 Å². The van der Waals surface area contributed by atoms with Crippen molar-refractivity contribution in [3.8, 4) is 0 Å². The van der Waals surface area contributed by atoms with E-state index < -0.39 is 10.0 Å². The molecular formula is C20H23BrN4O5S. The second-order valence-corrected chi connectivity index (χ2v) is 10.2. The van der Waals surface area contributed by atoms with Crippen LogP contribution in [0.15, 0.2) is 51.8 Å². The van der Waals surface area contributed by atoms with E-state index in [1.54, 1.807) is 30.3 Å². The van der Waals surface area contributed by atoms with Crippen molar-refractivity contribution >= 4 is 43.0 Å². The Bertz CT molecular complexity index is 1050. The van der Waals surface area contributed by atoms with Crippen molar-refractivity contribution in [3.63, 3.8) is 0 Å². The van der Waals surface area contributed by atoms with Gasteiger partial charge in [0.15, 0.2) is 0 Å². The van der Waals surface area contributed by atoms with E-state index in [-0.39, 0.29) is 15.5 Å². The van der Waals surface area contributed by atoms with Gasteiger partial charge in [0.1, 0.15) is 5.69 Å². The van der Waals surface area contributed by atoms with Crippen molar-refractivity contribution in [1.82, 2.24) is 4.31 Å². The molecule has 2 fully saturated rings. The molecule has 31 heavy (non-hydrogen) atoms. The molecular weight excluding hydrogens is 488 g/mol. The van der Waals surface area contributed by atoms with E-state index in [0.717, 1.165) is 10.2 Å². The lowest BCUT2D eigenvalue weighted by Gasteiger charge is -2.36. The molecule has 2 saturated heterocycles. The molecule has 9 nitrogen and oxygen atoms in total. The number of anilines is 2. The molecule has 0 atom stereocenters. The predicted octanol–water partition coefficient (Wildman–Crippen LogP) is 2.70. The SMILES string of the molecule is O=[N+]([O-])c1ccc(N2CCN(S(=O)(=O)c3ccc(Br)cc3)CC2)cc1N1CCOCC1. The molecule has 0 bridgehead atoms. The standard InChI is InChI=1S/C20H23BrN4O5S/c21-16-1-4-18(5-2-16)31(28,29)24-9-7-22(8-10-24)17-3-6-19(25(26)27)20(15-17)23-11-13-30-14-12-23/h1-6,15H,7-14H2. The number of nitrogens with zero attached hydrogens (tertiary/aromatic N) is 4. The highest BCUT2D eigenvalue weighted by molar-refractivity contribution is 9.10. The van der Waals surface area contributed by atoms with Gasteiger partial charge in [-0.2, -0.15) is 4.31 Å². The molecule has 166 valence electrons. The first-order valence-electron chi connectivity index (χ1n) is 9.98. The fraction of sp³-hybridized carbons (Fsp3) is 0.400. The molecule has 2 aliphatic heterocycles. The van der Waals surface area contributed by atoms with Crippen LogP contribution < -0.4 is 9.80 Å². The van der Waals surface area contributed by atoms with Crippen LogP contribution in [0.1, 0.15) is 0 Å². The van der Waals surface area contributed by atoms with Gasteiger partial charge < -0.3 is 14.5 Å². The number of nitro benzene ring substituents is 1. The average molecular weight is 511 g/mol. The zero-order chi connectivity index (χ0) is 22.0. The zero-order valence-electron chi connectivity index (χ0n) is 16.8. The number of sulfonamides is 1. The number of nitro groups is 1. The Labute approximate surface area is 189 Å². The fourth-order valence-corrected chi connectivity index (χ4v) is 5.55. The molecule has 2 aromatic carbocycles. The third kappa shape index (κ3) is 4.69. The minimum absolute atomic E-state index is 0.0714. The number of benzene rings is 2. The van der Waals surface area contributed by atoms with Crippen LogP contribution in [0.25, 0.3) is 0 Å². The molecule has 11 heteroatoms. The van der Waals surface area contributed by atoms with Crippen LogP contribution in [0.5, 0.6) is 0 Å². The van der Waals surface area contributed by atoms with Gasteiger partial charge in [-0.3, -0.25) is 10.1 Å². The second-order valence-electron chi connectivity index (χ2n) is 7.37. The molecule has 2 heterocycles. The largest absolute Gasteiger partial charge is 0.378 e. The van der Waals surface area contributed by atoms with Crippen molar-refractivity contribution in [3.05, 3.63) is 57.1 Å².